The summed E-state index contributed by atoms with van der Waals surface area (Å²) < 4.78 is 85.5. The first-order chi connectivity index (χ1) is 24.1. The first kappa shape index (κ1) is 35.1. The Morgan fingerprint density at radius 3 is 1.69 bits per heavy atom. The van der Waals surface area contributed by atoms with Crippen molar-refractivity contribution in [1.29, 1.82) is 0 Å². The van der Waals surface area contributed by atoms with E-state index in [0.717, 1.165) is 34.8 Å². The highest BCUT2D eigenvalue weighted by Crippen LogP contribution is 2.37. The smallest absolute Gasteiger partial charge is 0.349 e. The highest BCUT2D eigenvalue weighted by Gasteiger charge is 2.37. The van der Waals surface area contributed by atoms with Crippen LogP contribution >= 0.6 is 45.9 Å². The van der Waals surface area contributed by atoms with Crippen molar-refractivity contribution in [1.82, 2.24) is 44.3 Å². The predicted molar refractivity (Wildman–Crippen MR) is 177 cm³/mol. The molecule has 0 aromatic carbocycles. The number of nitrogens with one attached hydrogen (secondary N) is 1. The van der Waals surface area contributed by atoms with Crippen molar-refractivity contribution in [3.8, 4) is 21.1 Å². The van der Waals surface area contributed by atoms with Gasteiger partial charge in [0.05, 0.1) is 29.8 Å². The van der Waals surface area contributed by atoms with Gasteiger partial charge in [0, 0.05) is 51.4 Å². The maximum Gasteiger partial charge on any atom is 0.433 e. The molecule has 2 amide bonds. The second-order valence-corrected chi connectivity index (χ2v) is 14.7. The number of piperazine rings is 1. The maximum atomic E-state index is 14.0. The van der Waals surface area contributed by atoms with E-state index in [2.05, 4.69) is 25.5 Å². The van der Waals surface area contributed by atoms with Crippen LogP contribution in [0.1, 0.15) is 32.4 Å². The zero-order chi connectivity index (χ0) is 36.2. The topological polar surface area (TPSA) is 113 Å². The van der Waals surface area contributed by atoms with Gasteiger partial charge in [0.2, 0.25) is 0 Å². The van der Waals surface area contributed by atoms with E-state index in [-0.39, 0.29) is 53.7 Å². The molecule has 1 N–H and O–H groups in total. The van der Waals surface area contributed by atoms with Gasteiger partial charge in [-0.05, 0) is 36.4 Å². The number of aromatic nitrogens is 6. The fraction of sp³-hybridized carbons (Fsp3) is 0.267. The molecule has 11 nitrogen and oxygen atoms in total. The molecule has 0 unspecified atom stereocenters. The van der Waals surface area contributed by atoms with E-state index in [1.807, 2.05) is 4.90 Å². The van der Waals surface area contributed by atoms with Gasteiger partial charge in [-0.3, -0.25) is 14.5 Å². The van der Waals surface area contributed by atoms with Gasteiger partial charge in [-0.15, -0.1) is 22.7 Å². The number of nitrogens with zero attached hydrogens (tertiary/aromatic N) is 8. The van der Waals surface area contributed by atoms with Gasteiger partial charge in [0.25, 0.3) is 11.8 Å². The van der Waals surface area contributed by atoms with Crippen LogP contribution in [0.5, 0.6) is 0 Å². The Bertz CT molecular complexity index is 2290. The summed E-state index contributed by atoms with van der Waals surface area (Å²) in [6.45, 7) is 1.69. The lowest BCUT2D eigenvalue weighted by molar-refractivity contribution is -0.143. The molecule has 0 spiro atoms. The minimum absolute atomic E-state index is 0.0363. The lowest BCUT2D eigenvalue weighted by Gasteiger charge is -2.34. The molecule has 7 heterocycles. The Hall–Kier alpha value is -4.30. The monoisotopic (exact) mass is 787 g/mol. The molecule has 1 fully saturated rings. The van der Waals surface area contributed by atoms with Gasteiger partial charge in [0.15, 0.2) is 34.1 Å². The number of halogens is 8. The van der Waals surface area contributed by atoms with Gasteiger partial charge >= 0.3 is 12.4 Å². The number of rotatable bonds is 7. The molecule has 21 heteroatoms. The highest BCUT2D eigenvalue weighted by molar-refractivity contribution is 7.19. The van der Waals surface area contributed by atoms with Crippen LogP contribution in [0.15, 0.2) is 48.5 Å². The Balaban J connectivity index is 0.978. The predicted octanol–water partition coefficient (Wildman–Crippen LogP) is 6.76. The molecule has 0 bridgehead atoms. The largest absolute Gasteiger partial charge is 0.433 e. The molecule has 0 atom stereocenters. The lowest BCUT2D eigenvalue weighted by atomic mass is 10.2. The molecule has 0 saturated carbocycles. The van der Waals surface area contributed by atoms with Crippen LogP contribution in [0.2, 0.25) is 8.67 Å². The fourth-order valence-electron chi connectivity index (χ4n) is 5.48. The number of carbonyl (C=O) groups excluding carboxylic acids is 2. The molecule has 266 valence electrons. The number of thiophene rings is 2. The highest BCUT2D eigenvalue weighted by atomic mass is 35.5. The van der Waals surface area contributed by atoms with E-state index in [9.17, 15) is 35.9 Å². The van der Waals surface area contributed by atoms with Crippen molar-refractivity contribution >= 4 is 69.0 Å². The number of alkyl halides is 6. The summed E-state index contributed by atoms with van der Waals surface area (Å²) >= 11 is 14.0. The van der Waals surface area contributed by atoms with Crippen LogP contribution in [0.25, 0.3) is 32.4 Å². The summed E-state index contributed by atoms with van der Waals surface area (Å²) in [5.41, 5.74) is -2.88. The minimum atomic E-state index is -4.78. The van der Waals surface area contributed by atoms with E-state index in [0.29, 0.717) is 47.1 Å². The Labute approximate surface area is 301 Å². The van der Waals surface area contributed by atoms with Gasteiger partial charge in [-0.1, -0.05) is 23.2 Å². The molecule has 0 aliphatic carbocycles. The van der Waals surface area contributed by atoms with E-state index >= 15 is 0 Å². The number of fused-ring (bicyclic) bond motifs is 2. The Morgan fingerprint density at radius 1 is 0.725 bits per heavy atom. The van der Waals surface area contributed by atoms with Crippen molar-refractivity contribution < 1.29 is 35.9 Å². The number of hydrogen-bond acceptors (Lipinski definition) is 9. The molecular formula is C30H21Cl2F6N9O2S2. The van der Waals surface area contributed by atoms with Gasteiger partial charge in [0.1, 0.15) is 0 Å². The van der Waals surface area contributed by atoms with Crippen molar-refractivity contribution in [2.24, 2.45) is 0 Å². The first-order valence-corrected chi connectivity index (χ1v) is 17.3. The lowest BCUT2D eigenvalue weighted by Crippen LogP contribution is -2.50. The van der Waals surface area contributed by atoms with Gasteiger partial charge < -0.3 is 10.2 Å². The number of carbonyl (C=O) groups is 2. The van der Waals surface area contributed by atoms with Crippen LogP contribution in [0.4, 0.5) is 26.3 Å². The normalized spacial score (nSPS) is 14.5. The number of hydrogen-bond donors (Lipinski definition) is 1. The van der Waals surface area contributed by atoms with Crippen LogP contribution in [0.3, 0.4) is 0 Å². The zero-order valence-corrected chi connectivity index (χ0v) is 28.7. The third-order valence-corrected chi connectivity index (χ3v) is 10.4. The van der Waals surface area contributed by atoms with Crippen molar-refractivity contribution in [3.63, 3.8) is 0 Å². The van der Waals surface area contributed by atoms with E-state index in [1.165, 1.54) is 17.0 Å². The van der Waals surface area contributed by atoms with Crippen LogP contribution in [-0.2, 0) is 12.4 Å². The Kier molecular flexibility index (Phi) is 9.19. The summed E-state index contributed by atoms with van der Waals surface area (Å²) in [6, 6.07) is 10.3. The van der Waals surface area contributed by atoms with Crippen LogP contribution < -0.4 is 5.32 Å². The zero-order valence-electron chi connectivity index (χ0n) is 25.6. The fourth-order valence-corrected chi connectivity index (χ4v) is 7.49. The van der Waals surface area contributed by atoms with Crippen LogP contribution in [-0.4, -0.2) is 90.1 Å². The van der Waals surface area contributed by atoms with Crippen LogP contribution in [0, 0.1) is 0 Å². The molecule has 1 aliphatic heterocycles. The molecule has 1 aliphatic rings. The summed E-state index contributed by atoms with van der Waals surface area (Å²) in [7, 11) is 0. The third-order valence-electron chi connectivity index (χ3n) is 7.91. The second kappa shape index (κ2) is 13.4. The molecule has 7 rings (SSSR count). The molecule has 51 heavy (non-hydrogen) atoms. The summed E-state index contributed by atoms with van der Waals surface area (Å²) in [5.74, 6) is -1.27. The average Bonchev–Trinajstić information content (AvgIpc) is 3.89. The molecule has 0 radical (unpaired) electrons. The first-order valence-electron chi connectivity index (χ1n) is 14.9. The second-order valence-electron chi connectivity index (χ2n) is 11.2. The van der Waals surface area contributed by atoms with Gasteiger partial charge in [-0.2, -0.15) is 36.5 Å². The summed E-state index contributed by atoms with van der Waals surface area (Å²) in [6.07, 6.45) is -9.56. The van der Waals surface area contributed by atoms with Gasteiger partial charge in [-0.25, -0.2) is 19.0 Å². The van der Waals surface area contributed by atoms with Crippen molar-refractivity contribution in [2.45, 2.75) is 12.4 Å². The number of amides is 2. The van der Waals surface area contributed by atoms with E-state index in [1.54, 1.807) is 24.3 Å². The van der Waals surface area contributed by atoms with Crippen molar-refractivity contribution in [3.05, 3.63) is 80.0 Å². The molecule has 6 aromatic rings. The quantitative estimate of drug-likeness (QED) is 0.178. The summed E-state index contributed by atoms with van der Waals surface area (Å²) in [5, 5.41) is 10.5. The maximum absolute atomic E-state index is 14.0. The van der Waals surface area contributed by atoms with E-state index < -0.39 is 35.6 Å². The Morgan fingerprint density at radius 2 is 1.22 bits per heavy atom. The van der Waals surface area contributed by atoms with E-state index in [4.69, 9.17) is 23.2 Å². The molecular weight excluding hydrogens is 767 g/mol. The summed E-state index contributed by atoms with van der Waals surface area (Å²) in [4.78, 5) is 38.9. The molecule has 6 aromatic heterocycles. The van der Waals surface area contributed by atoms with Crippen molar-refractivity contribution in [2.75, 3.05) is 39.3 Å². The average molecular weight is 789 g/mol. The third kappa shape index (κ3) is 7.25. The standard InChI is InChI=1S/C30H21Cl2F6N9O2S2/c31-23-3-1-19(50-23)15-11-21(29(33,34)35)46-25(40-15)13-17(42-46)27(48)39-5-6-44-7-9-45(10-8-44)28(49)18-14-26-41-16(20-2-4-24(32)51-20)12-22(30(36,37)38)47(26)43-18/h1-4,11-14H,5-10H2,(H,39,48). The minimum Gasteiger partial charge on any atom is -0.349 e. The SMILES string of the molecule is O=C(NCCN1CCN(C(=O)c2cc3nc(-c4ccc(Cl)s4)cc(C(F)(F)F)n3n2)CC1)c1cc2nc(-c3ccc(Cl)s3)cc(C(F)(F)F)n2n1. The molecule has 1 saturated heterocycles.